The standard InChI is InChI=1S/C11H22N2O3S/c12-6-3-1-2-5-11(14)13-7-4-9-17(15,16)10-8-13/h1-10,12H2. The van der Waals surface area contributed by atoms with Crippen LogP contribution in [0, 0.1) is 0 Å². The number of carbonyl (C=O) groups is 1. The highest BCUT2D eigenvalue weighted by Gasteiger charge is 2.21. The quantitative estimate of drug-likeness (QED) is 0.715. The molecule has 0 aromatic carbocycles. The summed E-state index contributed by atoms with van der Waals surface area (Å²) in [5, 5.41) is 0. The maximum absolute atomic E-state index is 11.8. The van der Waals surface area contributed by atoms with Crippen LogP contribution in [-0.4, -0.2) is 50.4 Å². The number of amides is 1. The van der Waals surface area contributed by atoms with Gasteiger partial charge in [0.1, 0.15) is 0 Å². The summed E-state index contributed by atoms with van der Waals surface area (Å²) >= 11 is 0. The Morgan fingerprint density at radius 1 is 1.12 bits per heavy atom. The van der Waals surface area contributed by atoms with Crippen molar-refractivity contribution in [2.24, 2.45) is 5.73 Å². The number of nitrogens with two attached hydrogens (primary N) is 1. The summed E-state index contributed by atoms with van der Waals surface area (Å²) in [4.78, 5) is 13.5. The van der Waals surface area contributed by atoms with Crippen molar-refractivity contribution in [2.45, 2.75) is 32.1 Å². The number of carbonyl (C=O) groups excluding carboxylic acids is 1. The average Bonchev–Trinajstić information content (AvgIpc) is 2.45. The van der Waals surface area contributed by atoms with Crippen molar-refractivity contribution < 1.29 is 13.2 Å². The van der Waals surface area contributed by atoms with Crippen LogP contribution in [0.2, 0.25) is 0 Å². The van der Waals surface area contributed by atoms with Gasteiger partial charge in [0.2, 0.25) is 5.91 Å². The molecule has 0 atom stereocenters. The fourth-order valence-corrected chi connectivity index (χ4v) is 3.21. The molecule has 0 bridgehead atoms. The molecule has 0 radical (unpaired) electrons. The number of hydrogen-bond donors (Lipinski definition) is 1. The zero-order valence-corrected chi connectivity index (χ0v) is 11.0. The van der Waals surface area contributed by atoms with E-state index in [4.69, 9.17) is 5.73 Å². The third-order valence-electron chi connectivity index (χ3n) is 3.00. The number of sulfone groups is 1. The molecule has 1 rings (SSSR count). The zero-order chi connectivity index (χ0) is 12.7. The summed E-state index contributed by atoms with van der Waals surface area (Å²) in [7, 11) is -2.93. The average molecular weight is 262 g/mol. The van der Waals surface area contributed by atoms with Crippen LogP contribution >= 0.6 is 0 Å². The second kappa shape index (κ2) is 6.96. The summed E-state index contributed by atoms with van der Waals surface area (Å²) in [5.74, 6) is 0.407. The summed E-state index contributed by atoms with van der Waals surface area (Å²) in [6.07, 6.45) is 3.84. The van der Waals surface area contributed by atoms with Crippen LogP contribution in [0.1, 0.15) is 32.1 Å². The van der Waals surface area contributed by atoms with Crippen LogP contribution in [0.15, 0.2) is 0 Å². The molecule has 5 nitrogen and oxygen atoms in total. The first-order valence-electron chi connectivity index (χ1n) is 6.23. The van der Waals surface area contributed by atoms with Crippen molar-refractivity contribution >= 4 is 15.7 Å². The molecule has 1 heterocycles. The Labute approximate surface area is 103 Å². The number of hydrogen-bond acceptors (Lipinski definition) is 4. The lowest BCUT2D eigenvalue weighted by Gasteiger charge is -2.19. The van der Waals surface area contributed by atoms with Crippen molar-refractivity contribution in [3.63, 3.8) is 0 Å². The molecular weight excluding hydrogens is 240 g/mol. The van der Waals surface area contributed by atoms with E-state index in [1.165, 1.54) is 0 Å². The smallest absolute Gasteiger partial charge is 0.222 e. The Kier molecular flexibility index (Phi) is 5.91. The topological polar surface area (TPSA) is 80.5 Å². The Balaban J connectivity index is 2.32. The van der Waals surface area contributed by atoms with Gasteiger partial charge in [-0.25, -0.2) is 8.42 Å². The summed E-state index contributed by atoms with van der Waals surface area (Å²) in [6, 6.07) is 0. The van der Waals surface area contributed by atoms with E-state index in [1.807, 2.05) is 0 Å². The van der Waals surface area contributed by atoms with Gasteiger partial charge in [-0.05, 0) is 25.8 Å². The van der Waals surface area contributed by atoms with Crippen LogP contribution in [0.4, 0.5) is 0 Å². The summed E-state index contributed by atoms with van der Waals surface area (Å²) in [6.45, 7) is 1.60. The highest BCUT2D eigenvalue weighted by Crippen LogP contribution is 2.08. The van der Waals surface area contributed by atoms with Crippen LogP contribution in [0.5, 0.6) is 0 Å². The van der Waals surface area contributed by atoms with Crippen molar-refractivity contribution in [3.05, 3.63) is 0 Å². The second-order valence-electron chi connectivity index (χ2n) is 4.49. The van der Waals surface area contributed by atoms with Gasteiger partial charge in [0.25, 0.3) is 0 Å². The molecular formula is C11H22N2O3S. The summed E-state index contributed by atoms with van der Waals surface area (Å²) < 4.78 is 22.8. The van der Waals surface area contributed by atoms with Crippen molar-refractivity contribution in [2.75, 3.05) is 31.1 Å². The van der Waals surface area contributed by atoms with Gasteiger partial charge < -0.3 is 10.6 Å². The van der Waals surface area contributed by atoms with E-state index < -0.39 is 9.84 Å². The molecule has 100 valence electrons. The molecule has 17 heavy (non-hydrogen) atoms. The Hall–Kier alpha value is -0.620. The van der Waals surface area contributed by atoms with E-state index in [0.717, 1.165) is 19.3 Å². The van der Waals surface area contributed by atoms with E-state index in [9.17, 15) is 13.2 Å². The van der Waals surface area contributed by atoms with Crippen molar-refractivity contribution in [1.29, 1.82) is 0 Å². The van der Waals surface area contributed by atoms with Crippen LogP contribution in [0.3, 0.4) is 0 Å². The SMILES string of the molecule is NCCCCCC(=O)N1CCCS(=O)(=O)CC1. The van der Waals surface area contributed by atoms with Gasteiger partial charge in [0, 0.05) is 19.5 Å². The van der Waals surface area contributed by atoms with E-state index in [0.29, 0.717) is 32.5 Å². The fourth-order valence-electron chi connectivity index (χ4n) is 1.94. The third-order valence-corrected chi connectivity index (χ3v) is 4.72. The number of unbranched alkanes of at least 4 members (excludes halogenated alkanes) is 2. The van der Waals surface area contributed by atoms with Crippen molar-refractivity contribution in [1.82, 2.24) is 4.90 Å². The number of nitrogens with zero attached hydrogens (tertiary/aromatic N) is 1. The Morgan fingerprint density at radius 3 is 2.59 bits per heavy atom. The van der Waals surface area contributed by atoms with Gasteiger partial charge in [-0.1, -0.05) is 6.42 Å². The predicted octanol–water partition coefficient (Wildman–Crippen LogP) is 0.153. The molecule has 1 fully saturated rings. The van der Waals surface area contributed by atoms with Gasteiger partial charge >= 0.3 is 0 Å². The van der Waals surface area contributed by atoms with Gasteiger partial charge in [0.05, 0.1) is 11.5 Å². The minimum atomic E-state index is -2.93. The van der Waals surface area contributed by atoms with Crippen LogP contribution in [0.25, 0.3) is 0 Å². The van der Waals surface area contributed by atoms with E-state index in [2.05, 4.69) is 0 Å². The molecule has 6 heteroatoms. The lowest BCUT2D eigenvalue weighted by atomic mass is 10.2. The first-order chi connectivity index (χ1) is 8.05. The molecule has 0 spiro atoms. The molecule has 0 saturated carbocycles. The van der Waals surface area contributed by atoms with E-state index in [1.54, 1.807) is 4.90 Å². The highest BCUT2D eigenvalue weighted by molar-refractivity contribution is 7.91. The summed E-state index contributed by atoms with van der Waals surface area (Å²) in [5.41, 5.74) is 5.38. The lowest BCUT2D eigenvalue weighted by Crippen LogP contribution is -2.33. The van der Waals surface area contributed by atoms with Gasteiger partial charge in [-0.3, -0.25) is 4.79 Å². The first-order valence-corrected chi connectivity index (χ1v) is 8.05. The molecule has 0 aromatic heterocycles. The molecule has 0 aromatic rings. The predicted molar refractivity (Wildman–Crippen MR) is 67.4 cm³/mol. The number of rotatable bonds is 5. The first kappa shape index (κ1) is 14.4. The molecule has 2 N–H and O–H groups in total. The maximum Gasteiger partial charge on any atom is 0.222 e. The largest absolute Gasteiger partial charge is 0.342 e. The van der Waals surface area contributed by atoms with Gasteiger partial charge in [-0.15, -0.1) is 0 Å². The minimum Gasteiger partial charge on any atom is -0.342 e. The van der Waals surface area contributed by atoms with E-state index in [-0.39, 0.29) is 17.4 Å². The highest BCUT2D eigenvalue weighted by atomic mass is 32.2. The van der Waals surface area contributed by atoms with Crippen LogP contribution < -0.4 is 5.73 Å². The normalized spacial score (nSPS) is 19.9. The Bertz CT molecular complexity index is 341. The van der Waals surface area contributed by atoms with Gasteiger partial charge in [0.15, 0.2) is 9.84 Å². The van der Waals surface area contributed by atoms with E-state index >= 15 is 0 Å². The molecule has 0 unspecified atom stereocenters. The monoisotopic (exact) mass is 262 g/mol. The lowest BCUT2D eigenvalue weighted by molar-refractivity contribution is -0.131. The molecule has 1 amide bonds. The molecule has 1 aliphatic heterocycles. The fraction of sp³-hybridized carbons (Fsp3) is 0.909. The maximum atomic E-state index is 11.8. The van der Waals surface area contributed by atoms with Gasteiger partial charge in [-0.2, -0.15) is 0 Å². The zero-order valence-electron chi connectivity index (χ0n) is 10.2. The second-order valence-corrected chi connectivity index (χ2v) is 6.79. The minimum absolute atomic E-state index is 0.0825. The van der Waals surface area contributed by atoms with Crippen LogP contribution in [-0.2, 0) is 14.6 Å². The molecule has 0 aliphatic carbocycles. The molecule has 1 saturated heterocycles. The van der Waals surface area contributed by atoms with Crippen molar-refractivity contribution in [3.8, 4) is 0 Å². The Morgan fingerprint density at radius 2 is 1.88 bits per heavy atom. The molecule has 1 aliphatic rings. The third kappa shape index (κ3) is 5.50.